The third-order valence-corrected chi connectivity index (χ3v) is 9.46. The Hall–Kier alpha value is -6.25. The Labute approximate surface area is 280 Å². The van der Waals surface area contributed by atoms with E-state index in [1.807, 2.05) is 0 Å². The Morgan fingerprint density at radius 3 is 1.75 bits per heavy atom. The molecule has 0 atom stereocenters. The average molecular weight is 613 g/mol. The van der Waals surface area contributed by atoms with E-state index in [2.05, 4.69) is 187 Å². The van der Waals surface area contributed by atoms with E-state index in [1.165, 1.54) is 55.3 Å². The summed E-state index contributed by atoms with van der Waals surface area (Å²) in [6.45, 7) is 0. The summed E-state index contributed by atoms with van der Waals surface area (Å²) in [5.74, 6) is 0.942. The topological polar surface area (TPSA) is 17.8 Å². The van der Waals surface area contributed by atoms with Crippen LogP contribution in [0.15, 0.2) is 176 Å². The first-order chi connectivity index (χ1) is 23.8. The summed E-state index contributed by atoms with van der Waals surface area (Å²) < 4.78 is 2.28. The fourth-order valence-electron chi connectivity index (χ4n) is 7.29. The highest BCUT2D eigenvalue weighted by molar-refractivity contribution is 6.11. The molecule has 0 bridgehead atoms. The first-order valence-corrected chi connectivity index (χ1v) is 16.5. The highest BCUT2D eigenvalue weighted by Gasteiger charge is 2.22. The number of hydrogen-bond donors (Lipinski definition) is 0. The number of nitrogens with zero attached hydrogens (tertiary/aromatic N) is 2. The van der Waals surface area contributed by atoms with Gasteiger partial charge in [-0.3, -0.25) is 4.57 Å². The molecule has 48 heavy (non-hydrogen) atoms. The normalized spacial score (nSPS) is 12.5. The second-order valence-electron chi connectivity index (χ2n) is 12.3. The second-order valence-corrected chi connectivity index (χ2v) is 12.3. The lowest BCUT2D eigenvalue weighted by molar-refractivity contribution is 1.10. The zero-order valence-corrected chi connectivity index (χ0v) is 26.4. The smallest absolute Gasteiger partial charge is 0.145 e. The minimum atomic E-state index is 0.851. The number of aromatic nitrogens is 2. The molecule has 9 rings (SSSR count). The van der Waals surface area contributed by atoms with Crippen molar-refractivity contribution in [3.8, 4) is 39.3 Å². The lowest BCUT2D eigenvalue weighted by Gasteiger charge is -2.21. The summed E-state index contributed by atoms with van der Waals surface area (Å²) in [6, 6.07) is 58.4. The highest BCUT2D eigenvalue weighted by atomic mass is 15.1. The minimum Gasteiger partial charge on any atom is -0.292 e. The van der Waals surface area contributed by atoms with Crippen molar-refractivity contribution in [2.24, 2.45) is 0 Å². The third-order valence-electron chi connectivity index (χ3n) is 9.46. The molecule has 0 saturated carbocycles. The summed E-state index contributed by atoms with van der Waals surface area (Å²) in [5, 5.41) is 2.53. The number of allylic oxidation sites excluding steroid dienone is 3. The molecule has 0 amide bonds. The predicted octanol–water partition coefficient (Wildman–Crippen LogP) is 11.8. The molecule has 0 spiro atoms. The van der Waals surface area contributed by atoms with Crippen molar-refractivity contribution in [2.45, 2.75) is 6.42 Å². The van der Waals surface area contributed by atoms with Gasteiger partial charge in [0.1, 0.15) is 5.82 Å². The molecule has 0 N–H and O–H groups in total. The maximum Gasteiger partial charge on any atom is 0.145 e. The van der Waals surface area contributed by atoms with E-state index >= 15 is 0 Å². The standard InChI is InChI=1S/C46H32N2/c1-4-15-32(16-5-1)36-21-14-24-40-41(31-36)45(39-23-11-10-22-38(39)44(40)33-17-6-2-7-18-33)34-27-29-37(30-28-34)48-43-26-13-12-25-42(43)47-46(48)35-19-8-3-9-20-35/h1-23,25-31H,24H2. The molecule has 8 aromatic rings. The van der Waals surface area contributed by atoms with Crippen LogP contribution in [0.5, 0.6) is 0 Å². The van der Waals surface area contributed by atoms with Crippen LogP contribution < -0.4 is 0 Å². The predicted molar refractivity (Wildman–Crippen MR) is 202 cm³/mol. The molecule has 7 aromatic carbocycles. The SMILES string of the molecule is C1=CC(c2ccccc2)=Cc2c(c(-c3ccccc3)c3ccccc3c2-c2ccc(-n3c(-c4ccccc4)nc4ccccc43)cc2)C1. The number of benzene rings is 7. The number of fused-ring (bicyclic) bond motifs is 3. The van der Waals surface area contributed by atoms with Gasteiger partial charge in [0.05, 0.1) is 11.0 Å². The lowest BCUT2D eigenvalue weighted by atomic mass is 9.82. The molecule has 226 valence electrons. The average Bonchev–Trinajstić information content (AvgIpc) is 3.41. The van der Waals surface area contributed by atoms with Crippen molar-refractivity contribution in [3.05, 3.63) is 193 Å². The van der Waals surface area contributed by atoms with Gasteiger partial charge in [-0.2, -0.15) is 0 Å². The summed E-state index contributed by atoms with van der Waals surface area (Å²) in [7, 11) is 0. The number of rotatable bonds is 5. The van der Waals surface area contributed by atoms with E-state index in [-0.39, 0.29) is 0 Å². The molecule has 0 aliphatic heterocycles. The zero-order valence-electron chi connectivity index (χ0n) is 26.4. The molecule has 1 aromatic heterocycles. The van der Waals surface area contributed by atoms with Gasteiger partial charge in [0.2, 0.25) is 0 Å². The van der Waals surface area contributed by atoms with Gasteiger partial charge in [-0.15, -0.1) is 0 Å². The van der Waals surface area contributed by atoms with Crippen LogP contribution >= 0.6 is 0 Å². The maximum atomic E-state index is 5.07. The van der Waals surface area contributed by atoms with Gasteiger partial charge < -0.3 is 0 Å². The van der Waals surface area contributed by atoms with E-state index in [9.17, 15) is 0 Å². The quantitative estimate of drug-likeness (QED) is 0.189. The first-order valence-electron chi connectivity index (χ1n) is 16.5. The van der Waals surface area contributed by atoms with E-state index in [0.717, 1.165) is 34.5 Å². The van der Waals surface area contributed by atoms with Crippen LogP contribution in [0.4, 0.5) is 0 Å². The van der Waals surface area contributed by atoms with Crippen LogP contribution in [0.3, 0.4) is 0 Å². The Balaban J connectivity index is 1.29. The monoisotopic (exact) mass is 612 g/mol. The fraction of sp³-hybridized carbons (Fsp3) is 0.0217. The molecule has 2 nitrogen and oxygen atoms in total. The zero-order chi connectivity index (χ0) is 31.9. The largest absolute Gasteiger partial charge is 0.292 e. The van der Waals surface area contributed by atoms with Crippen LogP contribution in [-0.4, -0.2) is 9.55 Å². The van der Waals surface area contributed by atoms with Crippen molar-refractivity contribution in [1.82, 2.24) is 9.55 Å². The van der Waals surface area contributed by atoms with Crippen LogP contribution in [-0.2, 0) is 6.42 Å². The van der Waals surface area contributed by atoms with E-state index in [4.69, 9.17) is 4.98 Å². The molecule has 0 radical (unpaired) electrons. The highest BCUT2D eigenvalue weighted by Crippen LogP contribution is 2.45. The number of imidazole rings is 1. The van der Waals surface area contributed by atoms with Gasteiger partial charge in [-0.05, 0) is 92.1 Å². The molecule has 0 fully saturated rings. The molecule has 0 unspecified atom stereocenters. The van der Waals surface area contributed by atoms with Gasteiger partial charge >= 0.3 is 0 Å². The van der Waals surface area contributed by atoms with Crippen molar-refractivity contribution in [1.29, 1.82) is 0 Å². The number of hydrogen-bond acceptors (Lipinski definition) is 1. The molecular weight excluding hydrogens is 581 g/mol. The molecule has 1 aliphatic carbocycles. The summed E-state index contributed by atoms with van der Waals surface area (Å²) in [6.07, 6.45) is 7.88. The first kappa shape index (κ1) is 28.0. The number of para-hydroxylation sites is 2. The summed E-state index contributed by atoms with van der Waals surface area (Å²) >= 11 is 0. The van der Waals surface area contributed by atoms with E-state index < -0.39 is 0 Å². The van der Waals surface area contributed by atoms with Crippen LogP contribution in [0, 0.1) is 0 Å². The van der Waals surface area contributed by atoms with Crippen LogP contribution in [0.25, 0.3) is 72.8 Å². The third kappa shape index (κ3) is 4.78. The van der Waals surface area contributed by atoms with Gasteiger partial charge in [0.25, 0.3) is 0 Å². The second kappa shape index (κ2) is 11.8. The van der Waals surface area contributed by atoms with E-state index in [1.54, 1.807) is 0 Å². The Morgan fingerprint density at radius 2 is 1.04 bits per heavy atom. The Morgan fingerprint density at radius 1 is 0.479 bits per heavy atom. The van der Waals surface area contributed by atoms with Crippen molar-refractivity contribution in [3.63, 3.8) is 0 Å². The summed E-state index contributed by atoms with van der Waals surface area (Å²) in [5.41, 5.74) is 14.4. The minimum absolute atomic E-state index is 0.851. The summed E-state index contributed by atoms with van der Waals surface area (Å²) in [4.78, 5) is 5.07. The Kier molecular flexibility index (Phi) is 6.91. The van der Waals surface area contributed by atoms with Gasteiger partial charge in [0.15, 0.2) is 0 Å². The molecule has 0 saturated heterocycles. The van der Waals surface area contributed by atoms with Crippen molar-refractivity contribution >= 4 is 33.5 Å². The fourth-order valence-corrected chi connectivity index (χ4v) is 7.29. The van der Waals surface area contributed by atoms with Gasteiger partial charge in [-0.1, -0.05) is 152 Å². The van der Waals surface area contributed by atoms with Gasteiger partial charge in [-0.25, -0.2) is 4.98 Å². The van der Waals surface area contributed by atoms with E-state index in [0.29, 0.717) is 0 Å². The lowest BCUT2D eigenvalue weighted by Crippen LogP contribution is -2.00. The Bertz CT molecular complexity index is 2480. The molecule has 2 heteroatoms. The molecule has 1 heterocycles. The van der Waals surface area contributed by atoms with Crippen molar-refractivity contribution in [2.75, 3.05) is 0 Å². The van der Waals surface area contributed by atoms with Crippen LogP contribution in [0.2, 0.25) is 0 Å². The van der Waals surface area contributed by atoms with Gasteiger partial charge in [0, 0.05) is 11.3 Å². The van der Waals surface area contributed by atoms with Crippen molar-refractivity contribution < 1.29 is 0 Å². The molecular formula is C46H32N2. The molecule has 1 aliphatic rings. The van der Waals surface area contributed by atoms with Crippen LogP contribution in [0.1, 0.15) is 16.7 Å². The maximum absolute atomic E-state index is 5.07.